The molecule has 0 saturated carbocycles. The van der Waals surface area contributed by atoms with Crippen LogP contribution < -0.4 is 27.0 Å². The van der Waals surface area contributed by atoms with Gasteiger partial charge in [0, 0.05) is 39.5 Å². The number of nitrogens with one attached hydrogen (secondary N) is 4. The van der Waals surface area contributed by atoms with Gasteiger partial charge in [0.1, 0.15) is 18.1 Å². The van der Waals surface area contributed by atoms with Crippen molar-refractivity contribution in [2.45, 2.75) is 108 Å². The highest BCUT2D eigenvalue weighted by atomic mass is 32.1. The lowest BCUT2D eigenvalue weighted by atomic mass is 9.89. The third kappa shape index (κ3) is 19.5. The van der Waals surface area contributed by atoms with Crippen LogP contribution in [-0.2, 0) is 46.4 Å². The standard InChI is InChI=1S/C39H55N5O9S.B/c1-2-3-4-5-6-7-14-19-34(46)42-30(21-27-17-12-9-13-18-27)33(45)22-28(20-26-15-10-8-11-16-26)36(49)41-24-29(40)37(50)43-31(23-35(47)48)38(51)44-32(25-54)39(52)53;/h8-13,15-18,28-32,54H,2-7,14,19-25,40H2,1H3,(H,41,49)(H,42,46)(H,43,50)(H,44,51)(H,47,48)(H,52,53);/t28-,29+,30+,31+,32+;/m1./s1. The average Bonchev–Trinajstić information content (AvgIpc) is 3.14. The normalized spacial score (nSPS) is 13.4. The molecule has 0 aliphatic heterocycles. The predicted molar refractivity (Wildman–Crippen MR) is 212 cm³/mol. The van der Waals surface area contributed by atoms with Crippen molar-refractivity contribution in [3.05, 3.63) is 71.8 Å². The summed E-state index contributed by atoms with van der Waals surface area (Å²) < 4.78 is 0. The van der Waals surface area contributed by atoms with E-state index in [1.807, 2.05) is 48.5 Å². The number of carboxylic acid groups (broad SMARTS) is 2. The van der Waals surface area contributed by atoms with Gasteiger partial charge >= 0.3 is 11.9 Å². The fraction of sp³-hybridized carbons (Fsp3) is 0.513. The molecule has 0 aromatic heterocycles. The molecule has 0 aliphatic rings. The third-order valence-electron chi connectivity index (χ3n) is 8.80. The highest BCUT2D eigenvalue weighted by molar-refractivity contribution is 7.80. The maximum Gasteiger partial charge on any atom is 0.327 e. The first-order valence-electron chi connectivity index (χ1n) is 18.4. The van der Waals surface area contributed by atoms with Crippen LogP contribution in [0.4, 0.5) is 0 Å². The maximum atomic E-state index is 13.9. The topological polar surface area (TPSA) is 234 Å². The van der Waals surface area contributed by atoms with E-state index in [2.05, 4.69) is 40.8 Å². The molecule has 55 heavy (non-hydrogen) atoms. The molecule has 14 nitrogen and oxygen atoms in total. The molecule has 299 valence electrons. The second kappa shape index (κ2) is 27.0. The van der Waals surface area contributed by atoms with Gasteiger partial charge in [-0.2, -0.15) is 12.6 Å². The van der Waals surface area contributed by atoms with E-state index in [0.29, 0.717) is 6.42 Å². The Kier molecular flexibility index (Phi) is 23.7. The molecule has 5 atom stereocenters. The lowest BCUT2D eigenvalue weighted by Gasteiger charge is -2.23. The van der Waals surface area contributed by atoms with Gasteiger partial charge in [0.05, 0.1) is 12.5 Å². The smallest absolute Gasteiger partial charge is 0.327 e. The number of nitrogens with two attached hydrogens (primary N) is 1. The minimum atomic E-state index is -1.66. The number of rotatable bonds is 27. The maximum absolute atomic E-state index is 13.9. The predicted octanol–water partition coefficient (Wildman–Crippen LogP) is 2.19. The first-order chi connectivity index (χ1) is 25.8. The second-order valence-corrected chi connectivity index (χ2v) is 13.7. The lowest BCUT2D eigenvalue weighted by Crippen LogP contribution is -2.57. The Morgan fingerprint density at radius 1 is 0.673 bits per heavy atom. The van der Waals surface area contributed by atoms with Crippen LogP contribution in [0.25, 0.3) is 0 Å². The van der Waals surface area contributed by atoms with E-state index >= 15 is 0 Å². The van der Waals surface area contributed by atoms with E-state index in [-0.39, 0.29) is 51.5 Å². The zero-order valence-corrected chi connectivity index (χ0v) is 32.3. The van der Waals surface area contributed by atoms with Crippen LogP contribution in [0.15, 0.2) is 60.7 Å². The van der Waals surface area contributed by atoms with Gasteiger partial charge in [-0.05, 0) is 30.4 Å². The number of carbonyl (C=O) groups is 7. The number of hydrogen-bond acceptors (Lipinski definition) is 9. The Hall–Kier alpha value is -4.70. The molecule has 0 unspecified atom stereocenters. The molecule has 3 radical (unpaired) electrons. The summed E-state index contributed by atoms with van der Waals surface area (Å²) in [7, 11) is 0. The molecule has 0 saturated heterocycles. The largest absolute Gasteiger partial charge is 0.481 e. The van der Waals surface area contributed by atoms with E-state index in [1.165, 1.54) is 12.8 Å². The molecule has 0 fully saturated rings. The van der Waals surface area contributed by atoms with Crippen LogP contribution in [0.3, 0.4) is 0 Å². The summed E-state index contributed by atoms with van der Waals surface area (Å²) in [5.74, 6) is -7.24. The quantitative estimate of drug-likeness (QED) is 0.0374. The Morgan fingerprint density at radius 2 is 1.22 bits per heavy atom. The fourth-order valence-corrected chi connectivity index (χ4v) is 5.96. The number of benzene rings is 2. The highest BCUT2D eigenvalue weighted by Gasteiger charge is 2.31. The fourth-order valence-electron chi connectivity index (χ4n) is 5.71. The van der Waals surface area contributed by atoms with Crippen molar-refractivity contribution < 1.29 is 43.8 Å². The summed E-state index contributed by atoms with van der Waals surface area (Å²) >= 11 is 3.86. The molecule has 0 bridgehead atoms. The van der Waals surface area contributed by atoms with Gasteiger partial charge in [0.2, 0.25) is 23.6 Å². The van der Waals surface area contributed by atoms with E-state index in [0.717, 1.165) is 36.8 Å². The number of ketones is 1. The first-order valence-corrected chi connectivity index (χ1v) is 19.1. The highest BCUT2D eigenvalue weighted by Crippen LogP contribution is 2.17. The number of thiol groups is 1. The Bertz CT molecular complexity index is 1520. The molecule has 8 N–H and O–H groups in total. The Morgan fingerprint density at radius 3 is 1.76 bits per heavy atom. The summed E-state index contributed by atoms with van der Waals surface area (Å²) in [6, 6.07) is 12.9. The molecule has 2 rings (SSSR count). The van der Waals surface area contributed by atoms with Gasteiger partial charge in [0.25, 0.3) is 0 Å². The minimum absolute atomic E-state index is 0. The molecule has 0 spiro atoms. The van der Waals surface area contributed by atoms with Gasteiger partial charge in [-0.25, -0.2) is 4.79 Å². The molecule has 4 amide bonds. The number of carboxylic acids is 2. The van der Waals surface area contributed by atoms with Crippen molar-refractivity contribution in [1.29, 1.82) is 0 Å². The van der Waals surface area contributed by atoms with Gasteiger partial charge in [-0.15, -0.1) is 0 Å². The van der Waals surface area contributed by atoms with Crippen molar-refractivity contribution in [3.8, 4) is 0 Å². The number of Topliss-reactive ketones (excluding diaryl/α,β-unsaturated/α-hetero) is 1. The SMILES string of the molecule is CCCCCCCCCC(=O)N[C@@H](Cc1ccccc1)C(=O)C[C@@H](Cc1ccccc1)C(=O)NC[C@H](N)C(=O)N[C@@H](CC(=O)O)C(=O)N[C@@H](CS)C(=O)O.[B]. The number of carbonyl (C=O) groups excluding carboxylic acids is 5. The second-order valence-electron chi connectivity index (χ2n) is 13.3. The minimum Gasteiger partial charge on any atom is -0.481 e. The summed E-state index contributed by atoms with van der Waals surface area (Å²) in [5.41, 5.74) is 7.63. The van der Waals surface area contributed by atoms with Crippen molar-refractivity contribution >= 4 is 62.4 Å². The van der Waals surface area contributed by atoms with E-state index in [1.54, 1.807) is 12.1 Å². The summed E-state index contributed by atoms with van der Waals surface area (Å²) in [6.07, 6.45) is 6.91. The van der Waals surface area contributed by atoms with E-state index in [9.17, 15) is 43.8 Å². The monoisotopic (exact) mass is 780 g/mol. The summed E-state index contributed by atoms with van der Waals surface area (Å²) in [4.78, 5) is 88.8. The molecule has 16 heteroatoms. The summed E-state index contributed by atoms with van der Waals surface area (Å²) in [6.45, 7) is 1.73. The van der Waals surface area contributed by atoms with Crippen molar-refractivity contribution in [1.82, 2.24) is 21.3 Å². The number of aliphatic carboxylic acids is 2. The van der Waals surface area contributed by atoms with Crippen molar-refractivity contribution in [3.63, 3.8) is 0 Å². The van der Waals surface area contributed by atoms with Crippen LogP contribution in [0.5, 0.6) is 0 Å². The van der Waals surface area contributed by atoms with Crippen LogP contribution in [-0.4, -0.2) is 96.4 Å². The lowest BCUT2D eigenvalue weighted by molar-refractivity contribution is -0.143. The van der Waals surface area contributed by atoms with Gasteiger partial charge in [-0.3, -0.25) is 28.8 Å². The zero-order valence-electron chi connectivity index (χ0n) is 31.4. The molecule has 0 heterocycles. The Labute approximate surface area is 330 Å². The van der Waals surface area contributed by atoms with Crippen molar-refractivity contribution in [2.75, 3.05) is 12.3 Å². The molecule has 2 aromatic carbocycles. The summed E-state index contributed by atoms with van der Waals surface area (Å²) in [5, 5.41) is 28.3. The third-order valence-corrected chi connectivity index (χ3v) is 9.16. The number of unbranched alkanes of at least 4 members (excludes halogenated alkanes) is 6. The van der Waals surface area contributed by atoms with Crippen LogP contribution in [0.1, 0.15) is 82.3 Å². The van der Waals surface area contributed by atoms with Gasteiger partial charge < -0.3 is 37.2 Å². The average molecular weight is 781 g/mol. The van der Waals surface area contributed by atoms with Gasteiger partial charge in [0.15, 0.2) is 5.78 Å². The van der Waals surface area contributed by atoms with E-state index in [4.69, 9.17) is 5.73 Å². The first kappa shape index (κ1) is 48.3. The van der Waals surface area contributed by atoms with Crippen molar-refractivity contribution in [2.24, 2.45) is 11.7 Å². The van der Waals surface area contributed by atoms with Gasteiger partial charge in [-0.1, -0.05) is 106 Å². The molecule has 2 aromatic rings. The zero-order chi connectivity index (χ0) is 39.9. The van der Waals surface area contributed by atoms with Crippen LogP contribution in [0.2, 0.25) is 0 Å². The Balaban J connectivity index is 0.0000151. The van der Waals surface area contributed by atoms with E-state index < -0.39 is 72.7 Å². The number of amides is 4. The molecular weight excluding hydrogens is 725 g/mol. The van der Waals surface area contributed by atoms with Crippen LogP contribution >= 0.6 is 12.6 Å². The number of hydrogen-bond donors (Lipinski definition) is 8. The molecule has 0 aliphatic carbocycles. The molecular formula is C39H55BN5O9S. The van der Waals surface area contributed by atoms with Crippen LogP contribution in [0, 0.1) is 5.92 Å².